The van der Waals surface area contributed by atoms with E-state index in [0.717, 1.165) is 18.4 Å². The molecule has 0 aliphatic heterocycles. The molecule has 1 fully saturated rings. The second-order valence-electron chi connectivity index (χ2n) is 4.99. The molecule has 0 amide bonds. The number of aromatic nitrogens is 1. The van der Waals surface area contributed by atoms with Gasteiger partial charge < -0.3 is 15.6 Å². The highest BCUT2D eigenvalue weighted by Gasteiger charge is 2.17. The number of nitrogens with two attached hydrogens (primary N) is 1. The molecule has 0 spiro atoms. The molecule has 1 aromatic rings. The van der Waals surface area contributed by atoms with Crippen LogP contribution in [0, 0.1) is 0 Å². The number of ether oxygens (including phenoxy) is 1. The largest absolute Gasteiger partial charge is 0.474 e. The lowest BCUT2D eigenvalue weighted by Crippen LogP contribution is -2.28. The maximum absolute atomic E-state index is 9.02. The number of aliphatic hydroxyl groups excluding tert-OH is 1. The zero-order chi connectivity index (χ0) is 12.8. The summed E-state index contributed by atoms with van der Waals surface area (Å²) in [6, 6.07) is 3.61. The normalized spacial score (nSPS) is 18.6. The third-order valence-corrected chi connectivity index (χ3v) is 3.40. The second kappa shape index (κ2) is 6.71. The lowest BCUT2D eigenvalue weighted by molar-refractivity contribution is 0.146. The van der Waals surface area contributed by atoms with Gasteiger partial charge in [-0.1, -0.05) is 12.5 Å². The molecule has 1 aliphatic carbocycles. The van der Waals surface area contributed by atoms with Gasteiger partial charge in [0.05, 0.1) is 6.61 Å². The van der Waals surface area contributed by atoms with Gasteiger partial charge in [0.15, 0.2) is 0 Å². The third-order valence-electron chi connectivity index (χ3n) is 3.40. The van der Waals surface area contributed by atoms with E-state index in [1.54, 1.807) is 6.20 Å². The fourth-order valence-corrected chi connectivity index (χ4v) is 2.37. The van der Waals surface area contributed by atoms with Crippen LogP contribution in [-0.2, 0) is 6.42 Å². The number of hydrogen-bond acceptors (Lipinski definition) is 4. The van der Waals surface area contributed by atoms with E-state index in [1.807, 2.05) is 12.1 Å². The standard InChI is InChI=1S/C14H22N2O2/c15-12(10-17)9-11-5-4-8-16-14(11)18-13-6-2-1-3-7-13/h4-5,8,12-13,17H,1-3,6-7,9-10,15H2. The Hall–Kier alpha value is -1.13. The van der Waals surface area contributed by atoms with Crippen LogP contribution >= 0.6 is 0 Å². The first-order chi connectivity index (χ1) is 8.79. The average Bonchev–Trinajstić information content (AvgIpc) is 2.42. The van der Waals surface area contributed by atoms with Crippen molar-refractivity contribution < 1.29 is 9.84 Å². The van der Waals surface area contributed by atoms with Gasteiger partial charge in [0.1, 0.15) is 6.10 Å². The van der Waals surface area contributed by atoms with E-state index in [1.165, 1.54) is 19.3 Å². The Balaban J connectivity index is 2.01. The molecule has 3 N–H and O–H groups in total. The minimum Gasteiger partial charge on any atom is -0.474 e. The van der Waals surface area contributed by atoms with Crippen LogP contribution < -0.4 is 10.5 Å². The van der Waals surface area contributed by atoms with Crippen LogP contribution in [0.1, 0.15) is 37.7 Å². The number of nitrogens with zero attached hydrogens (tertiary/aromatic N) is 1. The molecule has 0 bridgehead atoms. The Kier molecular flexibility index (Phi) is 4.96. The molecule has 0 saturated heterocycles. The van der Waals surface area contributed by atoms with Crippen LogP contribution in [-0.4, -0.2) is 28.8 Å². The molecule has 0 radical (unpaired) electrons. The van der Waals surface area contributed by atoms with E-state index in [-0.39, 0.29) is 18.8 Å². The van der Waals surface area contributed by atoms with Crippen molar-refractivity contribution in [2.24, 2.45) is 5.73 Å². The van der Waals surface area contributed by atoms with E-state index in [4.69, 9.17) is 15.6 Å². The van der Waals surface area contributed by atoms with Gasteiger partial charge in [-0.3, -0.25) is 0 Å². The molecule has 1 aliphatic rings. The number of pyridine rings is 1. The summed E-state index contributed by atoms with van der Waals surface area (Å²) in [5, 5.41) is 9.02. The summed E-state index contributed by atoms with van der Waals surface area (Å²) in [6.45, 7) is -0.0161. The first-order valence-corrected chi connectivity index (χ1v) is 6.76. The highest BCUT2D eigenvalue weighted by atomic mass is 16.5. The van der Waals surface area contributed by atoms with Crippen LogP contribution in [0.3, 0.4) is 0 Å². The molecule has 1 heterocycles. The summed E-state index contributed by atoms with van der Waals surface area (Å²) in [5.74, 6) is 0.688. The summed E-state index contributed by atoms with van der Waals surface area (Å²) in [5.41, 5.74) is 6.76. The van der Waals surface area contributed by atoms with Gasteiger partial charge in [-0.25, -0.2) is 4.98 Å². The third kappa shape index (κ3) is 3.68. The van der Waals surface area contributed by atoms with Crippen molar-refractivity contribution in [3.63, 3.8) is 0 Å². The Labute approximate surface area is 108 Å². The summed E-state index contributed by atoms with van der Waals surface area (Å²) in [6.07, 6.45) is 8.65. The molecule has 2 rings (SSSR count). The van der Waals surface area contributed by atoms with Crippen LogP contribution in [0.4, 0.5) is 0 Å². The van der Waals surface area contributed by atoms with Crippen LogP contribution in [0.2, 0.25) is 0 Å². The Morgan fingerprint density at radius 1 is 1.39 bits per heavy atom. The van der Waals surface area contributed by atoms with Crippen molar-refractivity contribution in [2.45, 2.75) is 50.7 Å². The maximum Gasteiger partial charge on any atom is 0.216 e. The quantitative estimate of drug-likeness (QED) is 0.834. The maximum atomic E-state index is 9.02. The first-order valence-electron chi connectivity index (χ1n) is 6.76. The van der Waals surface area contributed by atoms with Gasteiger partial charge in [0, 0.05) is 17.8 Å². The summed E-state index contributed by atoms with van der Waals surface area (Å²) in [7, 11) is 0. The predicted molar refractivity (Wildman–Crippen MR) is 70.5 cm³/mol. The first kappa shape index (κ1) is 13.3. The number of rotatable bonds is 5. The lowest BCUT2D eigenvalue weighted by atomic mass is 9.98. The zero-order valence-corrected chi connectivity index (χ0v) is 10.7. The van der Waals surface area contributed by atoms with Crippen molar-refractivity contribution in [3.05, 3.63) is 23.9 Å². The van der Waals surface area contributed by atoms with E-state index in [0.29, 0.717) is 12.3 Å². The fraction of sp³-hybridized carbons (Fsp3) is 0.643. The van der Waals surface area contributed by atoms with Crippen molar-refractivity contribution in [1.82, 2.24) is 4.98 Å². The molecule has 4 nitrogen and oxygen atoms in total. The molecular weight excluding hydrogens is 228 g/mol. The topological polar surface area (TPSA) is 68.4 Å². The number of aliphatic hydroxyl groups is 1. The lowest BCUT2D eigenvalue weighted by Gasteiger charge is -2.23. The summed E-state index contributed by atoms with van der Waals surface area (Å²) < 4.78 is 5.98. The second-order valence-corrected chi connectivity index (χ2v) is 4.99. The minimum absolute atomic E-state index is 0.0161. The van der Waals surface area contributed by atoms with Crippen molar-refractivity contribution >= 4 is 0 Å². The zero-order valence-electron chi connectivity index (χ0n) is 10.7. The Morgan fingerprint density at radius 2 is 2.17 bits per heavy atom. The summed E-state index contributed by atoms with van der Waals surface area (Å²) in [4.78, 5) is 4.30. The SMILES string of the molecule is NC(CO)Cc1cccnc1OC1CCCCC1. The van der Waals surface area contributed by atoms with Crippen LogP contribution in [0.5, 0.6) is 5.88 Å². The average molecular weight is 250 g/mol. The van der Waals surface area contributed by atoms with Crippen molar-refractivity contribution in [3.8, 4) is 5.88 Å². The predicted octanol–water partition coefficient (Wildman–Crippen LogP) is 1.66. The fourth-order valence-electron chi connectivity index (χ4n) is 2.37. The number of hydrogen-bond donors (Lipinski definition) is 2. The summed E-state index contributed by atoms with van der Waals surface area (Å²) >= 11 is 0. The van der Waals surface area contributed by atoms with Crippen LogP contribution in [0.25, 0.3) is 0 Å². The molecule has 0 aromatic carbocycles. The molecule has 100 valence electrons. The monoisotopic (exact) mass is 250 g/mol. The highest BCUT2D eigenvalue weighted by Crippen LogP contribution is 2.24. The van der Waals surface area contributed by atoms with E-state index >= 15 is 0 Å². The Bertz CT molecular complexity index is 365. The van der Waals surface area contributed by atoms with Crippen LogP contribution in [0.15, 0.2) is 18.3 Å². The van der Waals surface area contributed by atoms with Crippen molar-refractivity contribution in [1.29, 1.82) is 0 Å². The minimum atomic E-state index is -0.247. The molecular formula is C14H22N2O2. The molecule has 1 atom stereocenters. The molecule has 18 heavy (non-hydrogen) atoms. The van der Waals surface area contributed by atoms with Gasteiger partial charge in [-0.15, -0.1) is 0 Å². The van der Waals surface area contributed by atoms with E-state index in [9.17, 15) is 0 Å². The molecule has 1 saturated carbocycles. The van der Waals surface area contributed by atoms with E-state index in [2.05, 4.69) is 4.98 Å². The Morgan fingerprint density at radius 3 is 2.89 bits per heavy atom. The van der Waals surface area contributed by atoms with E-state index < -0.39 is 0 Å². The molecule has 4 heteroatoms. The van der Waals surface area contributed by atoms with Gasteiger partial charge in [-0.05, 0) is 38.2 Å². The van der Waals surface area contributed by atoms with Gasteiger partial charge in [0.2, 0.25) is 5.88 Å². The highest BCUT2D eigenvalue weighted by molar-refractivity contribution is 5.26. The molecule has 1 unspecified atom stereocenters. The van der Waals surface area contributed by atoms with Crippen molar-refractivity contribution in [2.75, 3.05) is 6.61 Å². The van der Waals surface area contributed by atoms with Gasteiger partial charge in [-0.2, -0.15) is 0 Å². The smallest absolute Gasteiger partial charge is 0.216 e. The van der Waals surface area contributed by atoms with Gasteiger partial charge >= 0.3 is 0 Å². The van der Waals surface area contributed by atoms with Gasteiger partial charge in [0.25, 0.3) is 0 Å². The molecule has 1 aromatic heterocycles.